The Bertz CT molecular complexity index is 3990. The summed E-state index contributed by atoms with van der Waals surface area (Å²) in [5, 5.41) is 16.2. The van der Waals surface area contributed by atoms with Gasteiger partial charge in [0.05, 0.1) is 14.1 Å². The van der Waals surface area contributed by atoms with Crippen molar-refractivity contribution in [1.82, 2.24) is 9.72 Å². The Kier molecular flexibility index (Phi) is 28.3. The molecule has 488 valence electrons. The summed E-state index contributed by atoms with van der Waals surface area (Å²) in [7, 11) is -9.37. The van der Waals surface area contributed by atoms with Gasteiger partial charge in [-0.3, -0.25) is 9.37 Å². The molecule has 0 aliphatic carbocycles. The predicted molar refractivity (Wildman–Crippen MR) is 447 cm³/mol. The van der Waals surface area contributed by atoms with Crippen LogP contribution < -0.4 is 73.4 Å². The van der Waals surface area contributed by atoms with Crippen molar-refractivity contribution in [3.8, 4) is 0 Å². The maximum Gasteiger partial charge on any atom is 0.188 e. The molecule has 0 spiro atoms. The number of halogens is 4. The predicted octanol–water partition coefficient (Wildman–Crippen LogP) is 19.0. The molecule has 0 bridgehead atoms. The molecule has 12 aromatic rings. The van der Waals surface area contributed by atoms with Crippen LogP contribution in [0.1, 0.15) is 6.92 Å². The molecule has 1 saturated heterocycles. The van der Waals surface area contributed by atoms with Crippen molar-refractivity contribution in [3.05, 3.63) is 400 Å². The molecule has 3 nitrogen and oxygen atoms in total. The number of nitrogens with zero attached hydrogens (tertiary/aromatic N) is 1. The van der Waals surface area contributed by atoms with Gasteiger partial charge in [0, 0.05) is 33.5 Å². The van der Waals surface area contributed by atoms with Crippen molar-refractivity contribution in [1.29, 1.82) is 0 Å². The van der Waals surface area contributed by atoms with Crippen molar-refractivity contribution in [2.75, 3.05) is 24.1 Å². The second kappa shape index (κ2) is 36.9. The SMILES string of the molecule is C=C(CCl)CCl.C=C1C[P+](c2ccccc2)(c2ccccc2)N[P+](c2ccccc2)(c2ccccc2)C1.CC1=CP(c2ccccc2)(c2ccccc2)=NP(c2ccccc2)(c2ccccc2)=C1.Cl.Cl.c1ccc(P(NP(c2ccccc2)c2ccccc2)c2ccccc2)cc1. The zero-order valence-electron chi connectivity index (χ0n) is 54.2. The Hall–Kier alpha value is -6.81. The van der Waals surface area contributed by atoms with Gasteiger partial charge in [-0.25, -0.2) is 0 Å². The van der Waals surface area contributed by atoms with E-state index in [9.17, 15) is 0 Å². The number of hydrogen-bond acceptors (Lipinski definition) is 3. The van der Waals surface area contributed by atoms with Crippen molar-refractivity contribution in [2.45, 2.75) is 6.92 Å². The van der Waals surface area contributed by atoms with Crippen molar-refractivity contribution < 1.29 is 0 Å². The average Bonchev–Trinajstić information content (AvgIpc) is 0.731. The molecule has 2 aliphatic rings. The van der Waals surface area contributed by atoms with Crippen molar-refractivity contribution >= 4 is 163 Å². The van der Waals surface area contributed by atoms with Crippen LogP contribution >= 0.6 is 93.1 Å². The summed E-state index contributed by atoms with van der Waals surface area (Å²) in [5.41, 5.74) is 3.54. The molecule has 2 aliphatic heterocycles. The van der Waals surface area contributed by atoms with E-state index in [-0.39, 0.29) is 24.8 Å². The van der Waals surface area contributed by atoms with Crippen LogP contribution in [0.15, 0.2) is 404 Å². The largest absolute Gasteiger partial charge is 0.260 e. The summed E-state index contributed by atoms with van der Waals surface area (Å²) in [6.07, 6.45) is 2.00. The van der Waals surface area contributed by atoms with Crippen LogP contribution in [0.25, 0.3) is 0 Å². The first-order valence-electron chi connectivity index (χ1n) is 31.8. The Morgan fingerprint density at radius 3 is 0.876 bits per heavy atom. The van der Waals surface area contributed by atoms with Crippen LogP contribution in [0.3, 0.4) is 0 Å². The highest BCUT2D eigenvalue weighted by atomic mass is 35.5. The van der Waals surface area contributed by atoms with Gasteiger partial charge in [0.15, 0.2) is 14.8 Å². The van der Waals surface area contributed by atoms with Crippen LogP contribution in [0.4, 0.5) is 0 Å². The van der Waals surface area contributed by atoms with Crippen LogP contribution in [0.5, 0.6) is 0 Å². The van der Waals surface area contributed by atoms with Gasteiger partial charge in [0.1, 0.15) is 33.5 Å². The van der Waals surface area contributed by atoms with Crippen LogP contribution in [-0.2, 0) is 0 Å². The molecule has 0 amide bonds. The smallest absolute Gasteiger partial charge is 0.188 e. The van der Waals surface area contributed by atoms with Gasteiger partial charge < -0.3 is 0 Å². The fourth-order valence-electron chi connectivity index (χ4n) is 12.0. The minimum absolute atomic E-state index is 0. The standard InChI is InChI=1S/C28H27NP2.C28H25NP2.C24H21NP2.C4H6Cl2.2ClH/c2*1-24-22-30(25-14-6-2-7-15-25,26-16-8-3-9-17-26)29-31(23-24,27-18-10-4-11-19-27)28-20-12-5-13-21-28;1-5-13-21(14-6-1)26(22-15-7-2-8-16-22)25-27(23-17-9-3-10-18-23)24-19-11-4-12-20-24;1-4(2-5)3-6;;/h2-21,29H,1,22-23H2;2-23H,1H3;1-20,25H;1-3H2;2*1H/q+2;;;;;. The maximum atomic E-state index is 5.97. The summed E-state index contributed by atoms with van der Waals surface area (Å²) >= 11 is 10.5. The molecule has 1 fully saturated rings. The zero-order valence-corrected chi connectivity index (χ0v) is 62.8. The Labute approximate surface area is 602 Å². The fraction of sp³-hybridized carbons (Fsp3) is 0.0595. The summed E-state index contributed by atoms with van der Waals surface area (Å²) in [6, 6.07) is 131. The minimum atomic E-state index is -2.12. The molecular formula is C84H81Cl4N3P6+2. The van der Waals surface area contributed by atoms with Gasteiger partial charge >= 0.3 is 0 Å². The van der Waals surface area contributed by atoms with E-state index in [1.807, 2.05) is 0 Å². The number of nitrogens with one attached hydrogen (secondary N) is 2. The Balaban J connectivity index is 0.000000162. The van der Waals surface area contributed by atoms with Gasteiger partial charge in [-0.15, -0.1) is 48.0 Å². The normalized spacial score (nSPS) is 14.4. The zero-order chi connectivity index (χ0) is 65.6. The lowest BCUT2D eigenvalue weighted by Gasteiger charge is -2.39. The molecule has 97 heavy (non-hydrogen) atoms. The number of benzene rings is 12. The lowest BCUT2D eigenvalue weighted by atomic mass is 10.4. The first-order valence-corrected chi connectivity index (χ1v) is 43.1. The lowest BCUT2D eigenvalue weighted by Crippen LogP contribution is -2.46. The first kappa shape index (κ1) is 74.4. The highest BCUT2D eigenvalue weighted by molar-refractivity contribution is 8.02. The average molecular weight is 1460 g/mol. The van der Waals surface area contributed by atoms with Gasteiger partial charge in [0.25, 0.3) is 0 Å². The van der Waals surface area contributed by atoms with E-state index in [1.54, 1.807) is 0 Å². The molecule has 0 radical (unpaired) electrons. The highest BCUT2D eigenvalue weighted by Gasteiger charge is 2.61. The highest BCUT2D eigenvalue weighted by Crippen LogP contribution is 2.71. The fourth-order valence-corrected chi connectivity index (χ4v) is 36.9. The van der Waals surface area contributed by atoms with E-state index in [0.717, 1.165) is 17.9 Å². The van der Waals surface area contributed by atoms with Gasteiger partial charge in [-0.2, -0.15) is 0 Å². The summed E-state index contributed by atoms with van der Waals surface area (Å²) in [5.74, 6) is 5.84. The molecular weight excluding hydrogens is 1380 g/mol. The van der Waals surface area contributed by atoms with Crippen LogP contribution in [0.2, 0.25) is 0 Å². The van der Waals surface area contributed by atoms with Crippen LogP contribution in [-0.4, -0.2) is 29.9 Å². The number of hydrogen-bond donors (Lipinski definition) is 2. The summed E-state index contributed by atoms with van der Waals surface area (Å²) < 4.78 is 5.97. The van der Waals surface area contributed by atoms with E-state index in [1.165, 1.54) is 74.8 Å². The summed E-state index contributed by atoms with van der Waals surface area (Å²) in [4.78, 5) is 8.49. The Morgan fingerprint density at radius 1 is 0.392 bits per heavy atom. The van der Waals surface area contributed by atoms with Crippen LogP contribution in [0, 0.1) is 0 Å². The molecule has 0 unspecified atom stereocenters. The minimum Gasteiger partial charge on any atom is -0.260 e. The van der Waals surface area contributed by atoms with Gasteiger partial charge in [-0.1, -0.05) is 333 Å². The number of allylic oxidation sites excluding steroid dienone is 3. The molecule has 0 aromatic heterocycles. The number of rotatable bonds is 16. The van der Waals surface area contributed by atoms with E-state index in [0.29, 0.717) is 11.8 Å². The van der Waals surface area contributed by atoms with E-state index in [4.69, 9.17) is 27.7 Å². The first-order chi connectivity index (χ1) is 46.7. The second-order valence-corrected chi connectivity index (χ2v) is 40.6. The van der Waals surface area contributed by atoms with E-state index in [2.05, 4.69) is 405 Å². The van der Waals surface area contributed by atoms with Crippen molar-refractivity contribution in [3.63, 3.8) is 0 Å². The molecule has 2 heterocycles. The molecule has 14 rings (SSSR count). The third-order valence-corrected chi connectivity index (χ3v) is 39.4. The Morgan fingerprint density at radius 2 is 0.629 bits per heavy atom. The van der Waals surface area contributed by atoms with E-state index < -0.39 is 45.1 Å². The van der Waals surface area contributed by atoms with Gasteiger partial charge in [0.2, 0.25) is 0 Å². The number of alkyl halides is 2. The second-order valence-electron chi connectivity index (χ2n) is 23.1. The molecule has 0 saturated carbocycles. The third-order valence-electron chi connectivity index (χ3n) is 16.3. The van der Waals surface area contributed by atoms with Crippen molar-refractivity contribution in [2.24, 2.45) is 4.52 Å². The summed E-state index contributed by atoms with van der Waals surface area (Å²) in [6.45, 7) is 10.4. The molecule has 12 aromatic carbocycles. The maximum absolute atomic E-state index is 5.97. The molecule has 13 heteroatoms. The lowest BCUT2D eigenvalue weighted by molar-refractivity contribution is 1.30. The topological polar surface area (TPSA) is 36.4 Å². The van der Waals surface area contributed by atoms with Gasteiger partial charge in [-0.05, 0) is 121 Å². The van der Waals surface area contributed by atoms with E-state index >= 15 is 0 Å². The molecule has 2 N–H and O–H groups in total. The molecule has 0 atom stereocenters. The quantitative estimate of drug-likeness (QED) is 0.0575. The third kappa shape index (κ3) is 18.2. The monoisotopic (exact) mass is 1460 g/mol.